The van der Waals surface area contributed by atoms with E-state index in [1.165, 1.54) is 19.3 Å². The Kier molecular flexibility index (Phi) is 6.07. The number of likely N-dealkylation sites (tertiary alicyclic amines) is 1. The van der Waals surface area contributed by atoms with Crippen LogP contribution in [-0.2, 0) is 9.59 Å². The molecule has 0 spiro atoms. The van der Waals surface area contributed by atoms with Crippen LogP contribution in [0, 0.1) is 17.8 Å². The van der Waals surface area contributed by atoms with Gasteiger partial charge in [0.2, 0.25) is 11.8 Å². The van der Waals surface area contributed by atoms with Gasteiger partial charge < -0.3 is 10.2 Å². The first-order chi connectivity index (χ1) is 10.1. The van der Waals surface area contributed by atoms with Gasteiger partial charge in [0.1, 0.15) is 0 Å². The van der Waals surface area contributed by atoms with Crippen LogP contribution in [0.1, 0.15) is 58.8 Å². The van der Waals surface area contributed by atoms with Gasteiger partial charge in [-0.1, -0.05) is 33.1 Å². The largest absolute Gasteiger partial charge is 0.356 e. The van der Waals surface area contributed by atoms with Crippen molar-refractivity contribution in [3.05, 3.63) is 0 Å². The predicted molar refractivity (Wildman–Crippen MR) is 83.7 cm³/mol. The Morgan fingerprint density at radius 3 is 2.38 bits per heavy atom. The molecule has 0 aromatic rings. The van der Waals surface area contributed by atoms with Gasteiger partial charge in [-0.3, -0.25) is 9.59 Å². The molecule has 1 N–H and O–H groups in total. The van der Waals surface area contributed by atoms with E-state index >= 15 is 0 Å². The molecule has 0 radical (unpaired) electrons. The van der Waals surface area contributed by atoms with E-state index in [4.69, 9.17) is 0 Å². The Morgan fingerprint density at radius 1 is 1.05 bits per heavy atom. The third kappa shape index (κ3) is 4.72. The van der Waals surface area contributed by atoms with Crippen molar-refractivity contribution in [2.24, 2.45) is 17.8 Å². The smallest absolute Gasteiger partial charge is 0.225 e. The Labute approximate surface area is 128 Å². The minimum absolute atomic E-state index is 0.00922. The summed E-state index contributed by atoms with van der Waals surface area (Å²) in [5.41, 5.74) is 0. The number of rotatable bonds is 4. The first-order valence-electron chi connectivity index (χ1n) is 8.64. The number of nitrogens with zero attached hydrogens (tertiary/aromatic N) is 1. The monoisotopic (exact) mass is 294 g/mol. The molecule has 0 unspecified atom stereocenters. The Bertz CT molecular complexity index is 362. The maximum atomic E-state index is 12.6. The minimum Gasteiger partial charge on any atom is -0.356 e. The molecule has 0 aromatic heterocycles. The van der Waals surface area contributed by atoms with Crippen LogP contribution in [-0.4, -0.2) is 36.3 Å². The van der Waals surface area contributed by atoms with Crippen molar-refractivity contribution in [3.8, 4) is 0 Å². The summed E-state index contributed by atoms with van der Waals surface area (Å²) >= 11 is 0. The van der Waals surface area contributed by atoms with Crippen molar-refractivity contribution in [2.45, 2.75) is 58.8 Å². The molecule has 0 aromatic carbocycles. The highest BCUT2D eigenvalue weighted by Crippen LogP contribution is 2.27. The highest BCUT2D eigenvalue weighted by Gasteiger charge is 2.32. The van der Waals surface area contributed by atoms with Crippen LogP contribution in [0.3, 0.4) is 0 Å². The molecule has 4 nitrogen and oxygen atoms in total. The van der Waals surface area contributed by atoms with Gasteiger partial charge in [0, 0.05) is 25.6 Å². The van der Waals surface area contributed by atoms with Crippen molar-refractivity contribution in [1.82, 2.24) is 10.2 Å². The normalized spacial score (nSPS) is 24.1. The Morgan fingerprint density at radius 2 is 1.71 bits per heavy atom. The van der Waals surface area contributed by atoms with Crippen molar-refractivity contribution in [3.63, 3.8) is 0 Å². The number of hydrogen-bond donors (Lipinski definition) is 1. The van der Waals surface area contributed by atoms with Crippen LogP contribution in [0.15, 0.2) is 0 Å². The lowest BCUT2D eigenvalue weighted by Gasteiger charge is -2.35. The predicted octanol–water partition coefficient (Wildman–Crippen LogP) is 2.58. The van der Waals surface area contributed by atoms with E-state index in [1.54, 1.807) is 0 Å². The maximum absolute atomic E-state index is 12.6. The van der Waals surface area contributed by atoms with Crippen molar-refractivity contribution < 1.29 is 9.59 Å². The van der Waals surface area contributed by atoms with E-state index in [9.17, 15) is 9.59 Å². The van der Waals surface area contributed by atoms with Gasteiger partial charge in [-0.15, -0.1) is 0 Å². The first-order valence-corrected chi connectivity index (χ1v) is 8.64. The van der Waals surface area contributed by atoms with Crippen LogP contribution >= 0.6 is 0 Å². The van der Waals surface area contributed by atoms with Gasteiger partial charge in [0.15, 0.2) is 0 Å². The minimum atomic E-state index is -0.00922. The highest BCUT2D eigenvalue weighted by atomic mass is 16.2. The Hall–Kier alpha value is -1.06. The van der Waals surface area contributed by atoms with Gasteiger partial charge in [-0.2, -0.15) is 0 Å². The van der Waals surface area contributed by atoms with Crippen LogP contribution in [0.4, 0.5) is 0 Å². The second kappa shape index (κ2) is 7.81. The zero-order chi connectivity index (χ0) is 15.2. The highest BCUT2D eigenvalue weighted by molar-refractivity contribution is 5.82. The van der Waals surface area contributed by atoms with Gasteiger partial charge in [-0.25, -0.2) is 0 Å². The topological polar surface area (TPSA) is 49.4 Å². The molecule has 2 fully saturated rings. The Balaban J connectivity index is 1.84. The lowest BCUT2D eigenvalue weighted by atomic mass is 9.87. The third-order valence-electron chi connectivity index (χ3n) is 4.74. The summed E-state index contributed by atoms with van der Waals surface area (Å²) < 4.78 is 0. The summed E-state index contributed by atoms with van der Waals surface area (Å²) in [7, 11) is 0. The molecule has 1 saturated carbocycles. The molecule has 1 heterocycles. The second-order valence-electron chi connectivity index (χ2n) is 7.10. The number of nitrogens with one attached hydrogen (secondary N) is 1. The third-order valence-corrected chi connectivity index (χ3v) is 4.74. The van der Waals surface area contributed by atoms with Crippen molar-refractivity contribution in [2.75, 3.05) is 19.6 Å². The average molecular weight is 294 g/mol. The van der Waals surface area contributed by atoms with Crippen LogP contribution < -0.4 is 5.32 Å². The fourth-order valence-electron chi connectivity index (χ4n) is 3.45. The molecule has 0 bridgehead atoms. The molecular weight excluding hydrogens is 264 g/mol. The molecule has 1 saturated heterocycles. The molecule has 2 amide bonds. The molecular formula is C17H30N2O2. The molecule has 1 aliphatic heterocycles. The first kappa shape index (κ1) is 16.3. The molecule has 4 heteroatoms. The number of carbonyl (C=O) groups excluding carboxylic acids is 2. The van der Waals surface area contributed by atoms with Gasteiger partial charge >= 0.3 is 0 Å². The van der Waals surface area contributed by atoms with E-state index in [1.807, 2.05) is 4.90 Å². The number of hydrogen-bond acceptors (Lipinski definition) is 2. The maximum Gasteiger partial charge on any atom is 0.225 e. The summed E-state index contributed by atoms with van der Waals surface area (Å²) in [5, 5.41) is 3.01. The van der Waals surface area contributed by atoms with Crippen molar-refractivity contribution >= 4 is 11.8 Å². The van der Waals surface area contributed by atoms with Gasteiger partial charge in [0.25, 0.3) is 0 Å². The van der Waals surface area contributed by atoms with E-state index < -0.39 is 0 Å². The summed E-state index contributed by atoms with van der Waals surface area (Å²) in [6, 6.07) is 0. The van der Waals surface area contributed by atoms with E-state index in [0.29, 0.717) is 18.4 Å². The summed E-state index contributed by atoms with van der Waals surface area (Å²) in [4.78, 5) is 26.7. The number of piperidine rings is 1. The zero-order valence-electron chi connectivity index (χ0n) is 13.6. The van der Waals surface area contributed by atoms with Crippen molar-refractivity contribution in [1.29, 1.82) is 0 Å². The SMILES string of the molecule is CC(C)CNC(=O)[C@H]1CCCN(C(=O)C2CCCCC2)C1. The van der Waals surface area contributed by atoms with Gasteiger partial charge in [0.05, 0.1) is 5.92 Å². The van der Waals surface area contributed by atoms with Gasteiger partial charge in [-0.05, 0) is 31.6 Å². The van der Waals surface area contributed by atoms with E-state index in [2.05, 4.69) is 19.2 Å². The van der Waals surface area contributed by atoms with E-state index in [0.717, 1.165) is 38.8 Å². The number of carbonyl (C=O) groups is 2. The molecule has 2 aliphatic rings. The van der Waals surface area contributed by atoms with Crippen LogP contribution in [0.5, 0.6) is 0 Å². The number of amides is 2. The summed E-state index contributed by atoms with van der Waals surface area (Å²) in [5.74, 6) is 1.11. The van der Waals surface area contributed by atoms with Crippen LogP contribution in [0.25, 0.3) is 0 Å². The molecule has 1 atom stereocenters. The molecule has 120 valence electrons. The molecule has 1 aliphatic carbocycles. The fraction of sp³-hybridized carbons (Fsp3) is 0.882. The standard InChI is InChI=1S/C17H30N2O2/c1-13(2)11-18-16(20)15-9-6-10-19(12-15)17(21)14-7-4-3-5-8-14/h13-15H,3-12H2,1-2H3,(H,18,20)/t15-/m0/s1. The summed E-state index contributed by atoms with van der Waals surface area (Å²) in [6.07, 6.45) is 7.59. The lowest BCUT2D eigenvalue weighted by Crippen LogP contribution is -2.47. The summed E-state index contributed by atoms with van der Waals surface area (Å²) in [6.45, 7) is 6.38. The second-order valence-corrected chi connectivity index (χ2v) is 7.10. The van der Waals surface area contributed by atoms with Crippen LogP contribution in [0.2, 0.25) is 0 Å². The average Bonchev–Trinajstić information content (AvgIpc) is 2.52. The fourth-order valence-corrected chi connectivity index (χ4v) is 3.45. The zero-order valence-corrected chi connectivity index (χ0v) is 13.6. The molecule has 21 heavy (non-hydrogen) atoms. The molecule has 2 rings (SSSR count). The van der Waals surface area contributed by atoms with E-state index in [-0.39, 0.29) is 17.7 Å². The lowest BCUT2D eigenvalue weighted by molar-refractivity contribution is -0.140. The quantitative estimate of drug-likeness (QED) is 0.866.